The van der Waals surface area contributed by atoms with Crippen LogP contribution in [0, 0.1) is 0 Å². The monoisotopic (exact) mass is 292 g/mol. The molecular formula is C12H16N6OS. The highest BCUT2D eigenvalue weighted by molar-refractivity contribution is 7.99. The highest BCUT2D eigenvalue weighted by atomic mass is 32.2. The van der Waals surface area contributed by atoms with Gasteiger partial charge in [-0.1, -0.05) is 11.8 Å². The minimum atomic E-state index is -0.0614. The zero-order valence-electron chi connectivity index (χ0n) is 10.8. The van der Waals surface area contributed by atoms with Crippen LogP contribution in [-0.2, 0) is 6.54 Å². The van der Waals surface area contributed by atoms with Crippen molar-refractivity contribution in [3.63, 3.8) is 0 Å². The summed E-state index contributed by atoms with van der Waals surface area (Å²) < 4.78 is 1.59. The van der Waals surface area contributed by atoms with E-state index in [0.29, 0.717) is 29.0 Å². The van der Waals surface area contributed by atoms with E-state index in [4.69, 9.17) is 17.2 Å². The lowest BCUT2D eigenvalue weighted by atomic mass is 10.4. The Balaban J connectivity index is 1.87. The van der Waals surface area contributed by atoms with Gasteiger partial charge in [-0.2, -0.15) is 0 Å². The van der Waals surface area contributed by atoms with Gasteiger partial charge in [-0.25, -0.2) is 9.97 Å². The molecule has 2 aromatic rings. The summed E-state index contributed by atoms with van der Waals surface area (Å²) in [6, 6.07) is 4.57. The van der Waals surface area contributed by atoms with E-state index >= 15 is 0 Å². The van der Waals surface area contributed by atoms with Gasteiger partial charge in [-0.05, 0) is 12.5 Å². The van der Waals surface area contributed by atoms with Gasteiger partial charge in [0.1, 0.15) is 11.6 Å². The number of nitrogens with two attached hydrogens (primary N) is 3. The van der Waals surface area contributed by atoms with E-state index < -0.39 is 0 Å². The van der Waals surface area contributed by atoms with E-state index in [-0.39, 0.29) is 5.56 Å². The maximum Gasteiger partial charge on any atom is 0.250 e. The molecule has 0 bridgehead atoms. The molecule has 0 aliphatic rings. The molecule has 2 rings (SSSR count). The first kappa shape index (κ1) is 14.2. The van der Waals surface area contributed by atoms with Gasteiger partial charge in [0.15, 0.2) is 5.16 Å². The van der Waals surface area contributed by atoms with E-state index in [0.717, 1.165) is 12.2 Å². The molecule has 2 heterocycles. The smallest absolute Gasteiger partial charge is 0.250 e. The third-order valence-electron chi connectivity index (χ3n) is 2.53. The number of hydrogen-bond acceptors (Lipinski definition) is 7. The maximum atomic E-state index is 11.6. The summed E-state index contributed by atoms with van der Waals surface area (Å²) >= 11 is 1.45. The van der Waals surface area contributed by atoms with Crippen LogP contribution in [-0.4, -0.2) is 20.3 Å². The molecule has 0 spiro atoms. The Labute approximate surface area is 120 Å². The first-order valence-electron chi connectivity index (χ1n) is 6.03. The van der Waals surface area contributed by atoms with Crippen molar-refractivity contribution in [1.82, 2.24) is 14.5 Å². The van der Waals surface area contributed by atoms with Crippen molar-refractivity contribution in [2.24, 2.45) is 0 Å². The van der Waals surface area contributed by atoms with Crippen molar-refractivity contribution in [2.75, 3.05) is 23.0 Å². The summed E-state index contributed by atoms with van der Waals surface area (Å²) in [7, 11) is 0. The first-order chi connectivity index (χ1) is 9.54. The van der Waals surface area contributed by atoms with Gasteiger partial charge in [0, 0.05) is 36.3 Å². The number of anilines is 3. The number of nitrogens with zero attached hydrogens (tertiary/aromatic N) is 3. The van der Waals surface area contributed by atoms with Gasteiger partial charge < -0.3 is 21.8 Å². The third kappa shape index (κ3) is 3.89. The first-order valence-corrected chi connectivity index (χ1v) is 7.02. The van der Waals surface area contributed by atoms with Crippen molar-refractivity contribution >= 4 is 29.1 Å². The number of thioether (sulfide) groups is 1. The Kier molecular flexibility index (Phi) is 4.46. The Morgan fingerprint density at radius 3 is 2.55 bits per heavy atom. The van der Waals surface area contributed by atoms with Crippen LogP contribution in [0.5, 0.6) is 0 Å². The van der Waals surface area contributed by atoms with Crippen molar-refractivity contribution in [1.29, 1.82) is 0 Å². The summed E-state index contributed by atoms with van der Waals surface area (Å²) in [6.45, 7) is 0.592. The SMILES string of the molecule is Nc1ccc(=O)n(CCCSc2nc(N)cc(N)n2)c1. The molecular weight excluding hydrogens is 276 g/mol. The highest BCUT2D eigenvalue weighted by Crippen LogP contribution is 2.17. The molecule has 8 heteroatoms. The van der Waals surface area contributed by atoms with Crippen LogP contribution in [0.3, 0.4) is 0 Å². The molecule has 7 nitrogen and oxygen atoms in total. The number of aromatic nitrogens is 3. The van der Waals surface area contributed by atoms with Gasteiger partial charge >= 0.3 is 0 Å². The Bertz CT molecular complexity index is 636. The average molecular weight is 292 g/mol. The van der Waals surface area contributed by atoms with Crippen LogP contribution in [0.15, 0.2) is 34.3 Å². The molecule has 0 unspecified atom stereocenters. The van der Waals surface area contributed by atoms with Crippen molar-refractivity contribution < 1.29 is 0 Å². The number of pyridine rings is 1. The van der Waals surface area contributed by atoms with Crippen LogP contribution in [0.4, 0.5) is 17.3 Å². The van der Waals surface area contributed by atoms with Crippen LogP contribution in [0.2, 0.25) is 0 Å². The molecule has 2 aromatic heterocycles. The Morgan fingerprint density at radius 2 is 1.85 bits per heavy atom. The standard InChI is InChI=1S/C12H16N6OS/c13-8-2-3-11(19)18(7-8)4-1-5-20-12-16-9(14)6-10(15)17-12/h2-3,6-7H,1,4-5,13H2,(H4,14,15,16,17). The zero-order valence-corrected chi connectivity index (χ0v) is 11.6. The van der Waals surface area contributed by atoms with E-state index in [2.05, 4.69) is 9.97 Å². The summed E-state index contributed by atoms with van der Waals surface area (Å²) in [5, 5.41) is 0.544. The zero-order chi connectivity index (χ0) is 14.5. The van der Waals surface area contributed by atoms with Crippen LogP contribution in [0.25, 0.3) is 0 Å². The quantitative estimate of drug-likeness (QED) is 0.417. The summed E-state index contributed by atoms with van der Waals surface area (Å²) in [4.78, 5) is 19.7. The van der Waals surface area contributed by atoms with E-state index in [1.807, 2.05) is 0 Å². The minimum Gasteiger partial charge on any atom is -0.398 e. The van der Waals surface area contributed by atoms with E-state index in [9.17, 15) is 4.79 Å². The molecule has 0 amide bonds. The van der Waals surface area contributed by atoms with Crippen molar-refractivity contribution in [3.05, 3.63) is 34.7 Å². The highest BCUT2D eigenvalue weighted by Gasteiger charge is 2.02. The fourth-order valence-corrected chi connectivity index (χ4v) is 2.45. The lowest BCUT2D eigenvalue weighted by molar-refractivity contribution is 0.659. The van der Waals surface area contributed by atoms with E-state index in [1.165, 1.54) is 23.9 Å². The number of hydrogen-bond donors (Lipinski definition) is 3. The Hall–Kier alpha value is -2.22. The van der Waals surface area contributed by atoms with Crippen molar-refractivity contribution in [3.8, 4) is 0 Å². The molecule has 0 radical (unpaired) electrons. The van der Waals surface area contributed by atoms with Crippen LogP contribution >= 0.6 is 11.8 Å². The molecule has 0 saturated heterocycles. The summed E-state index contributed by atoms with van der Waals surface area (Å²) in [5.41, 5.74) is 17.3. The number of rotatable bonds is 5. The van der Waals surface area contributed by atoms with Crippen LogP contribution in [0.1, 0.15) is 6.42 Å². The van der Waals surface area contributed by atoms with Gasteiger partial charge in [-0.15, -0.1) is 0 Å². The predicted octanol–water partition coefficient (Wildman–Crippen LogP) is 0.567. The topological polar surface area (TPSA) is 126 Å². The molecule has 0 aromatic carbocycles. The van der Waals surface area contributed by atoms with Crippen molar-refractivity contribution in [2.45, 2.75) is 18.1 Å². The molecule has 0 atom stereocenters. The molecule has 0 fully saturated rings. The van der Waals surface area contributed by atoms with Crippen LogP contribution < -0.4 is 22.8 Å². The van der Waals surface area contributed by atoms with Gasteiger partial charge in [0.05, 0.1) is 0 Å². The fourth-order valence-electron chi connectivity index (χ4n) is 1.65. The van der Waals surface area contributed by atoms with Gasteiger partial charge in [-0.3, -0.25) is 4.79 Å². The second-order valence-corrected chi connectivity index (χ2v) is 5.26. The lowest BCUT2D eigenvalue weighted by Crippen LogP contribution is -2.19. The summed E-state index contributed by atoms with van der Waals surface area (Å²) in [5.74, 6) is 1.46. The fraction of sp³-hybridized carbons (Fsp3) is 0.250. The molecule has 0 aliphatic heterocycles. The van der Waals surface area contributed by atoms with E-state index in [1.54, 1.807) is 16.8 Å². The average Bonchev–Trinajstić information content (AvgIpc) is 2.37. The molecule has 6 N–H and O–H groups in total. The lowest BCUT2D eigenvalue weighted by Gasteiger charge is -2.06. The predicted molar refractivity (Wildman–Crippen MR) is 81.3 cm³/mol. The second-order valence-electron chi connectivity index (χ2n) is 4.20. The molecule has 20 heavy (non-hydrogen) atoms. The molecule has 0 aliphatic carbocycles. The maximum absolute atomic E-state index is 11.6. The molecule has 0 saturated carbocycles. The third-order valence-corrected chi connectivity index (χ3v) is 3.46. The normalized spacial score (nSPS) is 10.6. The minimum absolute atomic E-state index is 0.0614. The van der Waals surface area contributed by atoms with Gasteiger partial charge in [0.2, 0.25) is 0 Å². The second kappa shape index (κ2) is 6.29. The van der Waals surface area contributed by atoms with Gasteiger partial charge in [0.25, 0.3) is 5.56 Å². The Morgan fingerprint density at radius 1 is 1.15 bits per heavy atom. The summed E-state index contributed by atoms with van der Waals surface area (Å²) in [6.07, 6.45) is 2.42. The number of nitrogen functional groups attached to an aromatic ring is 3. The molecule has 106 valence electrons. The number of aryl methyl sites for hydroxylation is 1. The largest absolute Gasteiger partial charge is 0.398 e.